The second-order valence-corrected chi connectivity index (χ2v) is 3.93. The molecule has 2 N–H and O–H groups in total. The second kappa shape index (κ2) is 5.91. The summed E-state index contributed by atoms with van der Waals surface area (Å²) in [5.74, 6) is 0.819. The first kappa shape index (κ1) is 13.0. The minimum absolute atomic E-state index is 0.00492. The summed E-state index contributed by atoms with van der Waals surface area (Å²) in [5.41, 5.74) is 1.31. The lowest BCUT2D eigenvalue weighted by Gasteiger charge is -2.02. The van der Waals surface area contributed by atoms with Gasteiger partial charge in [0.05, 0.1) is 12.3 Å². The van der Waals surface area contributed by atoms with E-state index in [0.29, 0.717) is 12.2 Å². The monoisotopic (exact) mass is 257 g/mol. The van der Waals surface area contributed by atoms with E-state index >= 15 is 0 Å². The van der Waals surface area contributed by atoms with Gasteiger partial charge in [0.2, 0.25) is 0 Å². The first-order valence-corrected chi connectivity index (χ1v) is 5.98. The number of phenolic OH excluding ortho intramolecular Hbond substituents is 2. The molecule has 0 saturated heterocycles. The van der Waals surface area contributed by atoms with Crippen molar-refractivity contribution in [2.45, 2.75) is 6.92 Å². The molecule has 0 spiro atoms. The quantitative estimate of drug-likeness (QED) is 0.826. The van der Waals surface area contributed by atoms with Crippen LogP contribution in [0.4, 0.5) is 5.69 Å². The third-order valence-electron chi connectivity index (χ3n) is 2.51. The van der Waals surface area contributed by atoms with Crippen LogP contribution in [0.2, 0.25) is 0 Å². The molecule has 19 heavy (non-hydrogen) atoms. The summed E-state index contributed by atoms with van der Waals surface area (Å²) in [6, 6.07) is 11.7. The summed E-state index contributed by atoms with van der Waals surface area (Å²) < 4.78 is 5.34. The van der Waals surface area contributed by atoms with Crippen LogP contribution in [0.15, 0.2) is 47.5 Å². The van der Waals surface area contributed by atoms with Crippen molar-refractivity contribution in [3.63, 3.8) is 0 Å². The van der Waals surface area contributed by atoms with Gasteiger partial charge in [-0.15, -0.1) is 0 Å². The first-order valence-electron chi connectivity index (χ1n) is 5.98. The number of phenols is 2. The fraction of sp³-hybridized carbons (Fsp3) is 0.133. The predicted molar refractivity (Wildman–Crippen MR) is 74.6 cm³/mol. The van der Waals surface area contributed by atoms with Crippen molar-refractivity contribution >= 4 is 11.9 Å². The fourth-order valence-corrected chi connectivity index (χ4v) is 1.58. The third kappa shape index (κ3) is 3.48. The van der Waals surface area contributed by atoms with Gasteiger partial charge in [0.15, 0.2) is 0 Å². The summed E-state index contributed by atoms with van der Waals surface area (Å²) in [6.07, 6.45) is 1.55. The molecule has 0 aliphatic rings. The van der Waals surface area contributed by atoms with E-state index in [9.17, 15) is 10.2 Å². The van der Waals surface area contributed by atoms with Gasteiger partial charge in [0, 0.05) is 17.8 Å². The van der Waals surface area contributed by atoms with Gasteiger partial charge in [-0.25, -0.2) is 0 Å². The molecule has 0 fully saturated rings. The highest BCUT2D eigenvalue weighted by Crippen LogP contribution is 2.22. The van der Waals surface area contributed by atoms with Crippen LogP contribution in [-0.4, -0.2) is 23.0 Å². The number of hydrogen-bond donors (Lipinski definition) is 2. The molecule has 0 unspecified atom stereocenters. The summed E-state index contributed by atoms with van der Waals surface area (Å²) in [4.78, 5) is 4.25. The van der Waals surface area contributed by atoms with Crippen LogP contribution in [0, 0.1) is 0 Å². The Bertz CT molecular complexity index is 576. The van der Waals surface area contributed by atoms with Gasteiger partial charge in [-0.3, -0.25) is 4.99 Å². The fourth-order valence-electron chi connectivity index (χ4n) is 1.58. The molecular formula is C15H15NO3. The van der Waals surface area contributed by atoms with Crippen LogP contribution in [-0.2, 0) is 0 Å². The van der Waals surface area contributed by atoms with E-state index in [1.54, 1.807) is 12.3 Å². The van der Waals surface area contributed by atoms with Crippen LogP contribution >= 0.6 is 0 Å². The Kier molecular flexibility index (Phi) is 4.03. The lowest BCUT2D eigenvalue weighted by atomic mass is 10.2. The molecule has 0 amide bonds. The number of aliphatic imine (C=N–C) groups is 1. The van der Waals surface area contributed by atoms with Crippen LogP contribution in [0.25, 0.3) is 0 Å². The minimum atomic E-state index is -0.00492. The molecular weight excluding hydrogens is 242 g/mol. The molecule has 4 nitrogen and oxygen atoms in total. The number of rotatable bonds is 4. The van der Waals surface area contributed by atoms with E-state index in [-0.39, 0.29) is 11.5 Å². The van der Waals surface area contributed by atoms with Crippen LogP contribution < -0.4 is 4.74 Å². The van der Waals surface area contributed by atoms with E-state index in [1.165, 1.54) is 12.1 Å². The SMILES string of the molecule is CCOc1ccc(N=Cc2ccc(O)cc2O)cc1. The van der Waals surface area contributed by atoms with Gasteiger partial charge in [0.25, 0.3) is 0 Å². The van der Waals surface area contributed by atoms with Crippen molar-refractivity contribution in [3.8, 4) is 17.2 Å². The molecule has 0 bridgehead atoms. The smallest absolute Gasteiger partial charge is 0.128 e. The molecule has 0 saturated carbocycles. The maximum atomic E-state index is 9.61. The Balaban J connectivity index is 2.13. The predicted octanol–water partition coefficient (Wildman–Crippen LogP) is 3.25. The molecule has 98 valence electrons. The van der Waals surface area contributed by atoms with Crippen molar-refractivity contribution in [1.82, 2.24) is 0 Å². The Hall–Kier alpha value is -2.49. The molecule has 0 aromatic heterocycles. The van der Waals surface area contributed by atoms with Crippen molar-refractivity contribution in [2.24, 2.45) is 4.99 Å². The number of ether oxygens (including phenoxy) is 1. The van der Waals surface area contributed by atoms with Gasteiger partial charge in [-0.1, -0.05) is 0 Å². The zero-order valence-electron chi connectivity index (χ0n) is 10.6. The number of aromatic hydroxyl groups is 2. The number of benzene rings is 2. The molecule has 0 radical (unpaired) electrons. The van der Waals surface area contributed by atoms with E-state index in [1.807, 2.05) is 31.2 Å². The van der Waals surface area contributed by atoms with Crippen LogP contribution in [0.3, 0.4) is 0 Å². The van der Waals surface area contributed by atoms with E-state index in [2.05, 4.69) is 4.99 Å². The lowest BCUT2D eigenvalue weighted by Crippen LogP contribution is -1.89. The minimum Gasteiger partial charge on any atom is -0.508 e. The van der Waals surface area contributed by atoms with E-state index in [4.69, 9.17) is 4.74 Å². The average molecular weight is 257 g/mol. The third-order valence-corrected chi connectivity index (χ3v) is 2.51. The second-order valence-electron chi connectivity index (χ2n) is 3.93. The highest BCUT2D eigenvalue weighted by atomic mass is 16.5. The highest BCUT2D eigenvalue weighted by Gasteiger charge is 1.99. The molecule has 0 heterocycles. The van der Waals surface area contributed by atoms with Gasteiger partial charge in [-0.05, 0) is 43.3 Å². The summed E-state index contributed by atoms with van der Waals surface area (Å²) in [5, 5.41) is 18.8. The maximum absolute atomic E-state index is 9.61. The lowest BCUT2D eigenvalue weighted by molar-refractivity contribution is 0.340. The molecule has 4 heteroatoms. The Morgan fingerprint density at radius 2 is 1.84 bits per heavy atom. The van der Waals surface area contributed by atoms with Gasteiger partial charge >= 0.3 is 0 Å². The summed E-state index contributed by atoms with van der Waals surface area (Å²) in [6.45, 7) is 2.56. The summed E-state index contributed by atoms with van der Waals surface area (Å²) in [7, 11) is 0. The number of hydrogen-bond acceptors (Lipinski definition) is 4. The molecule has 0 aliphatic carbocycles. The zero-order chi connectivity index (χ0) is 13.7. The highest BCUT2D eigenvalue weighted by molar-refractivity contribution is 5.85. The molecule has 0 atom stereocenters. The van der Waals surface area contributed by atoms with Gasteiger partial charge in [-0.2, -0.15) is 0 Å². The normalized spacial score (nSPS) is 10.8. The number of nitrogens with zero attached hydrogens (tertiary/aromatic N) is 1. The van der Waals surface area contributed by atoms with Gasteiger partial charge in [0.1, 0.15) is 17.2 Å². The average Bonchev–Trinajstić information content (AvgIpc) is 2.40. The molecule has 2 aromatic rings. The van der Waals surface area contributed by atoms with Crippen molar-refractivity contribution in [3.05, 3.63) is 48.0 Å². The van der Waals surface area contributed by atoms with Crippen molar-refractivity contribution in [2.75, 3.05) is 6.61 Å². The van der Waals surface area contributed by atoms with Crippen LogP contribution in [0.5, 0.6) is 17.2 Å². The molecule has 0 aliphatic heterocycles. The first-order chi connectivity index (χ1) is 9.19. The maximum Gasteiger partial charge on any atom is 0.128 e. The van der Waals surface area contributed by atoms with E-state index in [0.717, 1.165) is 11.4 Å². The Morgan fingerprint density at radius 1 is 1.11 bits per heavy atom. The zero-order valence-corrected chi connectivity index (χ0v) is 10.6. The van der Waals surface area contributed by atoms with Crippen LogP contribution in [0.1, 0.15) is 12.5 Å². The standard InChI is InChI=1S/C15H15NO3/c1-2-19-14-7-4-12(5-8-14)16-10-11-3-6-13(17)9-15(11)18/h3-10,17-18H,2H2,1H3. The molecule has 2 aromatic carbocycles. The summed E-state index contributed by atoms with van der Waals surface area (Å²) >= 11 is 0. The molecule has 2 rings (SSSR count). The van der Waals surface area contributed by atoms with Crippen molar-refractivity contribution < 1.29 is 14.9 Å². The Morgan fingerprint density at radius 3 is 2.47 bits per heavy atom. The van der Waals surface area contributed by atoms with E-state index < -0.39 is 0 Å². The van der Waals surface area contributed by atoms with Crippen molar-refractivity contribution in [1.29, 1.82) is 0 Å². The van der Waals surface area contributed by atoms with Gasteiger partial charge < -0.3 is 14.9 Å². The topological polar surface area (TPSA) is 62.0 Å². The Labute approximate surface area is 111 Å². The largest absolute Gasteiger partial charge is 0.508 e.